The van der Waals surface area contributed by atoms with Crippen LogP contribution >= 0.6 is 0 Å². The Bertz CT molecular complexity index is 406. The molecule has 2 rings (SSSR count). The van der Waals surface area contributed by atoms with Crippen LogP contribution in [0.1, 0.15) is 12.8 Å². The highest BCUT2D eigenvalue weighted by Crippen LogP contribution is 2.21. The number of ether oxygens (including phenoxy) is 1. The van der Waals surface area contributed by atoms with Crippen LogP contribution in [0.15, 0.2) is 6.07 Å². The molecule has 0 aliphatic carbocycles. The van der Waals surface area contributed by atoms with E-state index >= 15 is 0 Å². The third-order valence-corrected chi connectivity index (χ3v) is 2.80. The summed E-state index contributed by atoms with van der Waals surface area (Å²) in [5, 5.41) is 0. The van der Waals surface area contributed by atoms with Crippen LogP contribution in [0.25, 0.3) is 0 Å². The lowest BCUT2D eigenvalue weighted by Crippen LogP contribution is -2.36. The maximum absolute atomic E-state index is 13.3. The Balaban J connectivity index is 2.06. The molecule has 3 nitrogen and oxygen atoms in total. The van der Waals surface area contributed by atoms with Crippen molar-refractivity contribution in [1.29, 1.82) is 0 Å². The molecule has 1 fully saturated rings. The maximum atomic E-state index is 13.3. The van der Waals surface area contributed by atoms with Crippen LogP contribution in [-0.2, 0) is 0 Å². The van der Waals surface area contributed by atoms with E-state index in [0.29, 0.717) is 6.07 Å². The number of hydrogen-bond acceptors (Lipinski definition) is 3. The van der Waals surface area contributed by atoms with Gasteiger partial charge in [0.1, 0.15) is 6.10 Å². The average molecular weight is 246 g/mol. The van der Waals surface area contributed by atoms with Gasteiger partial charge in [-0.05, 0) is 19.9 Å². The molecule has 0 unspecified atom stereocenters. The van der Waals surface area contributed by atoms with E-state index in [9.17, 15) is 13.2 Å². The summed E-state index contributed by atoms with van der Waals surface area (Å²) in [6, 6.07) is 0.451. The van der Waals surface area contributed by atoms with Gasteiger partial charge in [0.25, 0.3) is 11.8 Å². The fourth-order valence-electron chi connectivity index (χ4n) is 1.77. The van der Waals surface area contributed by atoms with Crippen molar-refractivity contribution in [2.24, 2.45) is 0 Å². The Labute approximate surface area is 97.2 Å². The second-order valence-electron chi connectivity index (χ2n) is 4.17. The summed E-state index contributed by atoms with van der Waals surface area (Å²) in [4.78, 5) is 5.25. The molecule has 0 bridgehead atoms. The SMILES string of the molecule is CN1CCC(Oc2nc(F)c(F)cc2F)CC1. The number of likely N-dealkylation sites (tertiary alicyclic amines) is 1. The Morgan fingerprint density at radius 3 is 2.53 bits per heavy atom. The summed E-state index contributed by atoms with van der Waals surface area (Å²) in [6.07, 6.45) is 1.24. The highest BCUT2D eigenvalue weighted by molar-refractivity contribution is 5.15. The molecular weight excluding hydrogens is 233 g/mol. The zero-order chi connectivity index (χ0) is 12.4. The third-order valence-electron chi connectivity index (χ3n) is 2.80. The zero-order valence-corrected chi connectivity index (χ0v) is 9.42. The van der Waals surface area contributed by atoms with Crippen LogP contribution in [-0.4, -0.2) is 36.1 Å². The number of halogens is 3. The first kappa shape index (κ1) is 12.2. The van der Waals surface area contributed by atoms with E-state index in [0.717, 1.165) is 25.9 Å². The summed E-state index contributed by atoms with van der Waals surface area (Å²) >= 11 is 0. The quantitative estimate of drug-likeness (QED) is 0.746. The molecule has 1 aromatic heterocycles. The van der Waals surface area contributed by atoms with Crippen molar-refractivity contribution in [3.05, 3.63) is 23.6 Å². The van der Waals surface area contributed by atoms with Crippen molar-refractivity contribution in [3.8, 4) is 5.88 Å². The summed E-state index contributed by atoms with van der Waals surface area (Å²) < 4.78 is 44.0. The molecule has 1 saturated heterocycles. The standard InChI is InChI=1S/C11H13F3N2O/c1-16-4-2-7(3-5-16)17-11-9(13)6-8(12)10(14)15-11/h6-7H,2-5H2,1H3. The van der Waals surface area contributed by atoms with Crippen molar-refractivity contribution in [1.82, 2.24) is 9.88 Å². The van der Waals surface area contributed by atoms with Crippen LogP contribution in [0.3, 0.4) is 0 Å². The summed E-state index contributed by atoms with van der Waals surface area (Å²) in [5.41, 5.74) is 0. The zero-order valence-electron chi connectivity index (χ0n) is 9.42. The van der Waals surface area contributed by atoms with E-state index < -0.39 is 23.5 Å². The summed E-state index contributed by atoms with van der Waals surface area (Å²) in [6.45, 7) is 1.66. The first-order valence-electron chi connectivity index (χ1n) is 5.43. The Morgan fingerprint density at radius 1 is 1.24 bits per heavy atom. The van der Waals surface area contributed by atoms with E-state index in [1.165, 1.54) is 0 Å². The van der Waals surface area contributed by atoms with Gasteiger partial charge in [0.15, 0.2) is 11.6 Å². The van der Waals surface area contributed by atoms with Crippen molar-refractivity contribution in [3.63, 3.8) is 0 Å². The molecule has 0 atom stereocenters. The molecule has 94 valence electrons. The first-order chi connectivity index (χ1) is 8.06. The van der Waals surface area contributed by atoms with Crippen molar-refractivity contribution in [2.45, 2.75) is 18.9 Å². The summed E-state index contributed by atoms with van der Waals surface area (Å²) in [5.74, 6) is -4.08. The van der Waals surface area contributed by atoms with Crippen LogP contribution < -0.4 is 4.74 Å². The normalized spacial score (nSPS) is 18.4. The van der Waals surface area contributed by atoms with E-state index in [-0.39, 0.29) is 6.10 Å². The minimum Gasteiger partial charge on any atom is -0.472 e. The molecule has 1 aromatic rings. The fourth-order valence-corrected chi connectivity index (χ4v) is 1.77. The fraction of sp³-hybridized carbons (Fsp3) is 0.545. The predicted molar refractivity (Wildman–Crippen MR) is 55.3 cm³/mol. The van der Waals surface area contributed by atoms with Crippen LogP contribution in [0.5, 0.6) is 5.88 Å². The number of nitrogens with zero attached hydrogens (tertiary/aromatic N) is 2. The smallest absolute Gasteiger partial charge is 0.253 e. The van der Waals surface area contributed by atoms with Gasteiger partial charge in [0.2, 0.25) is 0 Å². The maximum Gasteiger partial charge on any atom is 0.253 e. The average Bonchev–Trinajstić information content (AvgIpc) is 2.29. The Hall–Kier alpha value is -1.30. The second kappa shape index (κ2) is 4.91. The van der Waals surface area contributed by atoms with Gasteiger partial charge in [-0.3, -0.25) is 0 Å². The number of aromatic nitrogens is 1. The number of piperidine rings is 1. The van der Waals surface area contributed by atoms with Gasteiger partial charge in [0.05, 0.1) is 0 Å². The molecule has 6 heteroatoms. The molecule has 1 aliphatic rings. The largest absolute Gasteiger partial charge is 0.472 e. The first-order valence-corrected chi connectivity index (χ1v) is 5.43. The lowest BCUT2D eigenvalue weighted by molar-refractivity contribution is 0.104. The highest BCUT2D eigenvalue weighted by atomic mass is 19.2. The lowest BCUT2D eigenvalue weighted by Gasteiger charge is -2.28. The van der Waals surface area contributed by atoms with Crippen LogP contribution in [0.2, 0.25) is 0 Å². The van der Waals surface area contributed by atoms with E-state index in [2.05, 4.69) is 9.88 Å². The molecule has 0 radical (unpaired) electrons. The van der Waals surface area contributed by atoms with Gasteiger partial charge >= 0.3 is 0 Å². The number of rotatable bonds is 2. The third kappa shape index (κ3) is 2.88. The van der Waals surface area contributed by atoms with Gasteiger partial charge in [-0.15, -0.1) is 0 Å². The Morgan fingerprint density at radius 2 is 1.88 bits per heavy atom. The molecule has 0 aromatic carbocycles. The van der Waals surface area contributed by atoms with Gasteiger partial charge in [-0.2, -0.15) is 9.37 Å². The van der Waals surface area contributed by atoms with Crippen LogP contribution in [0, 0.1) is 17.6 Å². The van der Waals surface area contributed by atoms with E-state index in [4.69, 9.17) is 4.74 Å². The molecule has 0 saturated carbocycles. The second-order valence-corrected chi connectivity index (χ2v) is 4.17. The summed E-state index contributed by atoms with van der Waals surface area (Å²) in [7, 11) is 1.98. The molecule has 2 heterocycles. The minimum atomic E-state index is -1.34. The number of pyridine rings is 1. The van der Waals surface area contributed by atoms with Crippen LogP contribution in [0.4, 0.5) is 13.2 Å². The Kier molecular flexibility index (Phi) is 3.51. The molecule has 1 aliphatic heterocycles. The minimum absolute atomic E-state index is 0.196. The van der Waals surface area contributed by atoms with Gasteiger partial charge in [0, 0.05) is 19.2 Å². The monoisotopic (exact) mass is 246 g/mol. The highest BCUT2D eigenvalue weighted by Gasteiger charge is 2.21. The topological polar surface area (TPSA) is 25.4 Å². The molecular formula is C11H13F3N2O. The van der Waals surface area contributed by atoms with Gasteiger partial charge in [-0.25, -0.2) is 8.78 Å². The van der Waals surface area contributed by atoms with Gasteiger partial charge < -0.3 is 9.64 Å². The predicted octanol–water partition coefficient (Wildman–Crippen LogP) is 1.97. The van der Waals surface area contributed by atoms with E-state index in [1.54, 1.807) is 0 Å². The molecule has 0 amide bonds. The van der Waals surface area contributed by atoms with E-state index in [1.807, 2.05) is 7.05 Å². The van der Waals surface area contributed by atoms with Crippen molar-refractivity contribution in [2.75, 3.05) is 20.1 Å². The van der Waals surface area contributed by atoms with Gasteiger partial charge in [-0.1, -0.05) is 0 Å². The molecule has 0 N–H and O–H groups in total. The number of hydrogen-bond donors (Lipinski definition) is 0. The molecule has 0 spiro atoms. The lowest BCUT2D eigenvalue weighted by atomic mass is 10.1. The van der Waals surface area contributed by atoms with Crippen molar-refractivity contribution >= 4 is 0 Å². The van der Waals surface area contributed by atoms with Crippen molar-refractivity contribution < 1.29 is 17.9 Å². The molecule has 17 heavy (non-hydrogen) atoms.